The van der Waals surface area contributed by atoms with Crippen LogP contribution in [0.2, 0.25) is 5.02 Å². The lowest BCUT2D eigenvalue weighted by Gasteiger charge is -2.31. The number of hydrogen-bond donors (Lipinski definition) is 1. The molecule has 0 heterocycles. The highest BCUT2D eigenvalue weighted by atomic mass is 35.5. The first-order valence-electron chi connectivity index (χ1n) is 10.7. The molecule has 0 fully saturated rings. The number of rotatable bonds is 10. The number of amides is 2. The number of halogens is 1. The van der Waals surface area contributed by atoms with Crippen molar-refractivity contribution in [3.63, 3.8) is 0 Å². The normalized spacial score (nSPS) is 12.1. The van der Waals surface area contributed by atoms with Crippen molar-refractivity contribution in [2.75, 3.05) is 13.7 Å². The monoisotopic (exact) mass is 460 g/mol. The second-order valence-electron chi connectivity index (χ2n) is 8.66. The largest absolute Gasteiger partial charge is 0.497 e. The Hall–Kier alpha value is -2.73. The van der Waals surface area contributed by atoms with E-state index < -0.39 is 11.6 Å². The molecule has 0 radical (unpaired) electrons. The van der Waals surface area contributed by atoms with Gasteiger partial charge in [-0.25, -0.2) is 0 Å². The number of ether oxygens (including phenoxy) is 2. The molecule has 0 aliphatic heterocycles. The SMILES string of the molecule is COc1ccc(OCCCC(=O)N(Cc2ccccc2Cl)[C@H](C)C(=O)NC(C)(C)C)cc1. The van der Waals surface area contributed by atoms with Gasteiger partial charge in [0.1, 0.15) is 17.5 Å². The smallest absolute Gasteiger partial charge is 0.242 e. The minimum absolute atomic E-state index is 0.125. The van der Waals surface area contributed by atoms with Crippen LogP contribution in [0.15, 0.2) is 48.5 Å². The number of carbonyl (C=O) groups excluding carboxylic acids is 2. The van der Waals surface area contributed by atoms with Gasteiger partial charge in [-0.2, -0.15) is 0 Å². The molecule has 0 aromatic heterocycles. The number of methoxy groups -OCH3 is 1. The predicted molar refractivity (Wildman–Crippen MR) is 127 cm³/mol. The zero-order valence-electron chi connectivity index (χ0n) is 19.5. The molecule has 0 saturated heterocycles. The van der Waals surface area contributed by atoms with Crippen molar-refractivity contribution in [3.8, 4) is 11.5 Å². The predicted octanol–water partition coefficient (Wildman–Crippen LogP) is 4.84. The van der Waals surface area contributed by atoms with Crippen molar-refractivity contribution in [1.29, 1.82) is 0 Å². The molecule has 0 aliphatic carbocycles. The van der Waals surface area contributed by atoms with Crippen molar-refractivity contribution in [1.82, 2.24) is 10.2 Å². The third-order valence-electron chi connectivity index (χ3n) is 4.83. The summed E-state index contributed by atoms with van der Waals surface area (Å²) in [5, 5.41) is 3.52. The van der Waals surface area contributed by atoms with Crippen LogP contribution in [-0.2, 0) is 16.1 Å². The van der Waals surface area contributed by atoms with Crippen molar-refractivity contribution in [2.45, 2.75) is 58.7 Å². The molecule has 6 nitrogen and oxygen atoms in total. The number of nitrogens with one attached hydrogen (secondary N) is 1. The van der Waals surface area contributed by atoms with Gasteiger partial charge in [0.25, 0.3) is 0 Å². The van der Waals surface area contributed by atoms with E-state index in [1.54, 1.807) is 25.0 Å². The van der Waals surface area contributed by atoms with Crippen LogP contribution < -0.4 is 14.8 Å². The fourth-order valence-corrected chi connectivity index (χ4v) is 3.29. The summed E-state index contributed by atoms with van der Waals surface area (Å²) in [5.41, 5.74) is 0.406. The van der Waals surface area contributed by atoms with Crippen LogP contribution in [0.1, 0.15) is 46.1 Å². The maximum atomic E-state index is 13.1. The average molecular weight is 461 g/mol. The highest BCUT2D eigenvalue weighted by Crippen LogP contribution is 2.20. The van der Waals surface area contributed by atoms with Crippen LogP contribution in [-0.4, -0.2) is 42.0 Å². The molecular weight excluding hydrogens is 428 g/mol. The third-order valence-corrected chi connectivity index (χ3v) is 5.20. The van der Waals surface area contributed by atoms with Gasteiger partial charge in [-0.1, -0.05) is 29.8 Å². The molecule has 174 valence electrons. The summed E-state index contributed by atoms with van der Waals surface area (Å²) >= 11 is 6.31. The van der Waals surface area contributed by atoms with E-state index in [9.17, 15) is 9.59 Å². The molecule has 0 unspecified atom stereocenters. The van der Waals surface area contributed by atoms with Gasteiger partial charge in [-0.05, 0) is 70.0 Å². The molecule has 2 aromatic rings. The Balaban J connectivity index is 2.02. The summed E-state index contributed by atoms with van der Waals surface area (Å²) in [7, 11) is 1.61. The fraction of sp³-hybridized carbons (Fsp3) is 0.440. The molecule has 0 spiro atoms. The quantitative estimate of drug-likeness (QED) is 0.515. The molecule has 0 bridgehead atoms. The molecule has 1 N–H and O–H groups in total. The zero-order valence-corrected chi connectivity index (χ0v) is 20.2. The second-order valence-corrected chi connectivity index (χ2v) is 9.06. The van der Waals surface area contributed by atoms with Crippen LogP contribution in [0, 0.1) is 0 Å². The number of hydrogen-bond acceptors (Lipinski definition) is 4. The Morgan fingerprint density at radius 2 is 1.69 bits per heavy atom. The zero-order chi connectivity index (χ0) is 23.7. The first kappa shape index (κ1) is 25.5. The first-order valence-corrected chi connectivity index (χ1v) is 11.1. The highest BCUT2D eigenvalue weighted by Gasteiger charge is 2.28. The molecule has 2 aromatic carbocycles. The van der Waals surface area contributed by atoms with Gasteiger partial charge >= 0.3 is 0 Å². The van der Waals surface area contributed by atoms with Gasteiger partial charge < -0.3 is 19.7 Å². The summed E-state index contributed by atoms with van der Waals surface area (Å²) in [6, 6.07) is 14.0. The summed E-state index contributed by atoms with van der Waals surface area (Å²) < 4.78 is 10.9. The number of carbonyl (C=O) groups is 2. The molecule has 2 amide bonds. The van der Waals surface area contributed by atoms with Crippen LogP contribution in [0.4, 0.5) is 0 Å². The minimum atomic E-state index is -0.638. The molecule has 0 aliphatic rings. The van der Waals surface area contributed by atoms with Crippen LogP contribution in [0.25, 0.3) is 0 Å². The maximum Gasteiger partial charge on any atom is 0.242 e. The lowest BCUT2D eigenvalue weighted by molar-refractivity contribution is -0.141. The highest BCUT2D eigenvalue weighted by molar-refractivity contribution is 6.31. The summed E-state index contributed by atoms with van der Waals surface area (Å²) in [4.78, 5) is 27.4. The average Bonchev–Trinajstić information content (AvgIpc) is 2.74. The third kappa shape index (κ3) is 8.08. The Bertz CT molecular complexity index is 894. The summed E-state index contributed by atoms with van der Waals surface area (Å²) in [6.07, 6.45) is 0.783. The van der Waals surface area contributed by atoms with E-state index in [0.29, 0.717) is 23.8 Å². The van der Waals surface area contributed by atoms with Gasteiger partial charge in [-0.3, -0.25) is 9.59 Å². The topological polar surface area (TPSA) is 67.9 Å². The molecule has 7 heteroatoms. The van der Waals surface area contributed by atoms with Gasteiger partial charge in [0.2, 0.25) is 11.8 Å². The molecule has 0 saturated carbocycles. The summed E-state index contributed by atoms with van der Waals surface area (Å²) in [6.45, 7) is 8.12. The van der Waals surface area contributed by atoms with E-state index in [0.717, 1.165) is 11.3 Å². The standard InChI is InChI=1S/C25H33ClN2O4/c1-18(24(30)27-25(2,3)4)28(17-19-9-6-7-10-22(19)26)23(29)11-8-16-32-21-14-12-20(31-5)13-15-21/h6-7,9-10,12-15,18H,8,11,16-17H2,1-5H3,(H,27,30)/t18-/m1/s1. The van der Waals surface area contributed by atoms with Crippen LogP contribution in [0.3, 0.4) is 0 Å². The molecular formula is C25H33ClN2O4. The van der Waals surface area contributed by atoms with E-state index in [-0.39, 0.29) is 24.8 Å². The van der Waals surface area contributed by atoms with Crippen molar-refractivity contribution >= 4 is 23.4 Å². The van der Waals surface area contributed by atoms with Crippen LogP contribution >= 0.6 is 11.6 Å². The minimum Gasteiger partial charge on any atom is -0.497 e. The maximum absolute atomic E-state index is 13.1. The van der Waals surface area contributed by atoms with E-state index in [4.69, 9.17) is 21.1 Å². The fourth-order valence-electron chi connectivity index (χ4n) is 3.10. The van der Waals surface area contributed by atoms with Gasteiger partial charge in [-0.15, -0.1) is 0 Å². The van der Waals surface area contributed by atoms with Crippen LogP contribution in [0.5, 0.6) is 11.5 Å². The lowest BCUT2D eigenvalue weighted by atomic mass is 10.1. The first-order chi connectivity index (χ1) is 15.1. The Morgan fingerprint density at radius 1 is 1.06 bits per heavy atom. The van der Waals surface area contributed by atoms with E-state index >= 15 is 0 Å². The van der Waals surface area contributed by atoms with E-state index in [2.05, 4.69) is 5.32 Å². The molecule has 32 heavy (non-hydrogen) atoms. The van der Waals surface area contributed by atoms with Gasteiger partial charge in [0, 0.05) is 23.5 Å². The lowest BCUT2D eigenvalue weighted by Crippen LogP contribution is -2.52. The number of nitrogens with zero attached hydrogens (tertiary/aromatic N) is 1. The Kier molecular flexibility index (Phi) is 9.39. The molecule has 2 rings (SSSR count). The van der Waals surface area contributed by atoms with Crippen molar-refractivity contribution in [3.05, 3.63) is 59.1 Å². The molecule has 1 atom stereocenters. The second kappa shape index (κ2) is 11.8. The van der Waals surface area contributed by atoms with Crippen molar-refractivity contribution in [2.24, 2.45) is 0 Å². The van der Waals surface area contributed by atoms with E-state index in [1.807, 2.05) is 63.2 Å². The van der Waals surface area contributed by atoms with Gasteiger partial charge in [0.15, 0.2) is 0 Å². The van der Waals surface area contributed by atoms with Gasteiger partial charge in [0.05, 0.1) is 13.7 Å². The summed E-state index contributed by atoms with van der Waals surface area (Å²) in [5.74, 6) is 1.14. The Labute approximate surface area is 195 Å². The van der Waals surface area contributed by atoms with Crippen molar-refractivity contribution < 1.29 is 19.1 Å². The van der Waals surface area contributed by atoms with E-state index in [1.165, 1.54) is 0 Å². The Morgan fingerprint density at radius 3 is 2.28 bits per heavy atom. The number of benzene rings is 2.